The monoisotopic (exact) mass is 239 g/mol. The molecule has 0 bridgehead atoms. The Labute approximate surface area is 102 Å². The number of carbonyl (C=O) groups excluding carboxylic acids is 1. The summed E-state index contributed by atoms with van der Waals surface area (Å²) in [5.41, 5.74) is 5.97. The van der Waals surface area contributed by atoms with Gasteiger partial charge in [-0.25, -0.2) is 0 Å². The molecule has 1 heterocycles. The van der Waals surface area contributed by atoms with Gasteiger partial charge in [-0.05, 0) is 26.1 Å². The van der Waals surface area contributed by atoms with Crippen LogP contribution in [-0.4, -0.2) is 37.5 Å². The number of nitrogens with one attached hydrogen (secondary N) is 1. The summed E-state index contributed by atoms with van der Waals surface area (Å²) in [6.45, 7) is 2.58. The molecule has 0 aromatic carbocycles. The number of nitrogens with two attached hydrogens (primary N) is 1. The van der Waals surface area contributed by atoms with Crippen LogP contribution in [0.2, 0.25) is 0 Å². The fourth-order valence-corrected chi connectivity index (χ4v) is 1.88. The van der Waals surface area contributed by atoms with Crippen molar-refractivity contribution in [2.24, 2.45) is 5.73 Å². The topological polar surface area (TPSA) is 71.5 Å². The van der Waals surface area contributed by atoms with Crippen LogP contribution in [0, 0.1) is 0 Å². The molecule has 1 rings (SSSR count). The van der Waals surface area contributed by atoms with Gasteiger partial charge in [0.15, 0.2) is 0 Å². The summed E-state index contributed by atoms with van der Waals surface area (Å²) in [6.07, 6.45) is 2.09. The van der Waals surface area contributed by atoms with Crippen molar-refractivity contribution in [3.63, 3.8) is 0 Å². The second-order valence-corrected chi connectivity index (χ2v) is 4.22. The number of carbonyl (C=O) groups is 1. The molecule has 0 radical (unpaired) electrons. The van der Waals surface area contributed by atoms with Crippen LogP contribution in [0.1, 0.15) is 25.1 Å². The number of rotatable bonds is 6. The van der Waals surface area contributed by atoms with Gasteiger partial charge in [-0.15, -0.1) is 0 Å². The zero-order valence-electron chi connectivity index (χ0n) is 10.6. The lowest BCUT2D eigenvalue weighted by Crippen LogP contribution is -2.38. The van der Waals surface area contributed by atoms with Gasteiger partial charge in [-0.3, -0.25) is 9.69 Å². The number of furan rings is 1. The maximum atomic E-state index is 11.2. The minimum Gasteiger partial charge on any atom is -0.468 e. The van der Waals surface area contributed by atoms with Crippen molar-refractivity contribution in [2.75, 3.05) is 20.6 Å². The standard InChI is InChI=1S/C12H21N3O2/c1-9(13)12(10-5-4-8-17-10)15(3)7-6-11(16)14-2/h4-5,8-9,12H,6-7,13H2,1-3H3,(H,14,16). The van der Waals surface area contributed by atoms with E-state index in [0.29, 0.717) is 13.0 Å². The molecule has 0 aliphatic carbocycles. The maximum Gasteiger partial charge on any atom is 0.221 e. The fourth-order valence-electron chi connectivity index (χ4n) is 1.88. The van der Waals surface area contributed by atoms with Gasteiger partial charge in [0.05, 0.1) is 12.3 Å². The first-order valence-corrected chi connectivity index (χ1v) is 5.76. The first-order chi connectivity index (χ1) is 8.06. The number of hydrogen-bond donors (Lipinski definition) is 2. The zero-order chi connectivity index (χ0) is 12.8. The lowest BCUT2D eigenvalue weighted by molar-refractivity contribution is -0.121. The molecule has 5 heteroatoms. The van der Waals surface area contributed by atoms with E-state index in [-0.39, 0.29) is 18.0 Å². The third kappa shape index (κ3) is 3.87. The summed E-state index contributed by atoms with van der Waals surface area (Å²) < 4.78 is 5.39. The Kier molecular flexibility index (Phi) is 5.18. The second-order valence-electron chi connectivity index (χ2n) is 4.22. The molecule has 17 heavy (non-hydrogen) atoms. The van der Waals surface area contributed by atoms with Gasteiger partial charge in [0.2, 0.25) is 5.91 Å². The SMILES string of the molecule is CNC(=O)CCN(C)C(c1ccco1)C(C)N. The summed E-state index contributed by atoms with van der Waals surface area (Å²) in [7, 11) is 3.58. The fraction of sp³-hybridized carbons (Fsp3) is 0.583. The van der Waals surface area contributed by atoms with E-state index in [2.05, 4.69) is 5.32 Å². The summed E-state index contributed by atoms with van der Waals surface area (Å²) in [5.74, 6) is 0.860. The van der Waals surface area contributed by atoms with Gasteiger partial charge in [-0.1, -0.05) is 0 Å². The van der Waals surface area contributed by atoms with Gasteiger partial charge in [-0.2, -0.15) is 0 Å². The largest absolute Gasteiger partial charge is 0.468 e. The van der Waals surface area contributed by atoms with E-state index in [1.165, 1.54) is 0 Å². The van der Waals surface area contributed by atoms with Gasteiger partial charge in [0, 0.05) is 26.1 Å². The molecule has 0 saturated heterocycles. The highest BCUT2D eigenvalue weighted by atomic mass is 16.3. The molecular weight excluding hydrogens is 218 g/mol. The first kappa shape index (κ1) is 13.7. The number of nitrogens with zero attached hydrogens (tertiary/aromatic N) is 1. The van der Waals surface area contributed by atoms with Crippen LogP contribution in [0.3, 0.4) is 0 Å². The first-order valence-electron chi connectivity index (χ1n) is 5.76. The van der Waals surface area contributed by atoms with Crippen molar-refractivity contribution < 1.29 is 9.21 Å². The molecule has 0 aliphatic rings. The van der Waals surface area contributed by atoms with Crippen molar-refractivity contribution in [2.45, 2.75) is 25.4 Å². The van der Waals surface area contributed by atoms with E-state index in [4.69, 9.17) is 10.2 Å². The molecule has 96 valence electrons. The van der Waals surface area contributed by atoms with Gasteiger partial charge in [0.1, 0.15) is 5.76 Å². The van der Waals surface area contributed by atoms with E-state index < -0.39 is 0 Å². The molecule has 0 aliphatic heterocycles. The van der Waals surface area contributed by atoms with E-state index in [1.54, 1.807) is 13.3 Å². The van der Waals surface area contributed by atoms with Gasteiger partial charge >= 0.3 is 0 Å². The highest BCUT2D eigenvalue weighted by Gasteiger charge is 2.23. The van der Waals surface area contributed by atoms with E-state index in [1.807, 2.05) is 31.0 Å². The normalized spacial score (nSPS) is 14.6. The molecule has 3 N–H and O–H groups in total. The average molecular weight is 239 g/mol. The van der Waals surface area contributed by atoms with Crippen molar-refractivity contribution in [3.05, 3.63) is 24.2 Å². The highest BCUT2D eigenvalue weighted by molar-refractivity contribution is 5.75. The van der Waals surface area contributed by atoms with E-state index in [0.717, 1.165) is 5.76 Å². The molecule has 1 aromatic heterocycles. The zero-order valence-corrected chi connectivity index (χ0v) is 10.6. The Bertz CT molecular complexity index is 336. The third-order valence-electron chi connectivity index (χ3n) is 2.78. The third-order valence-corrected chi connectivity index (χ3v) is 2.78. The molecule has 1 aromatic rings. The number of amides is 1. The van der Waals surface area contributed by atoms with Crippen molar-refractivity contribution in [1.82, 2.24) is 10.2 Å². The van der Waals surface area contributed by atoms with Crippen LogP contribution in [0.5, 0.6) is 0 Å². The Morgan fingerprint density at radius 2 is 2.35 bits per heavy atom. The Morgan fingerprint density at radius 1 is 1.65 bits per heavy atom. The average Bonchev–Trinajstić information content (AvgIpc) is 2.79. The highest BCUT2D eigenvalue weighted by Crippen LogP contribution is 2.22. The van der Waals surface area contributed by atoms with Crippen LogP contribution in [0.25, 0.3) is 0 Å². The van der Waals surface area contributed by atoms with Crippen molar-refractivity contribution in [1.29, 1.82) is 0 Å². The minimum absolute atomic E-state index is 0.00495. The van der Waals surface area contributed by atoms with Crippen molar-refractivity contribution in [3.8, 4) is 0 Å². The molecule has 2 unspecified atom stereocenters. The molecule has 2 atom stereocenters. The van der Waals surface area contributed by atoms with Gasteiger partial charge in [0.25, 0.3) is 0 Å². The minimum atomic E-state index is -0.0594. The van der Waals surface area contributed by atoms with E-state index in [9.17, 15) is 4.79 Å². The van der Waals surface area contributed by atoms with E-state index >= 15 is 0 Å². The van der Waals surface area contributed by atoms with Crippen LogP contribution >= 0.6 is 0 Å². The Balaban J connectivity index is 2.62. The summed E-state index contributed by atoms with van der Waals surface area (Å²) in [5, 5.41) is 2.60. The lowest BCUT2D eigenvalue weighted by Gasteiger charge is -2.29. The molecule has 5 nitrogen and oxygen atoms in total. The van der Waals surface area contributed by atoms with Crippen LogP contribution < -0.4 is 11.1 Å². The van der Waals surface area contributed by atoms with Crippen LogP contribution in [0.4, 0.5) is 0 Å². The van der Waals surface area contributed by atoms with Gasteiger partial charge < -0.3 is 15.5 Å². The van der Waals surface area contributed by atoms with Crippen LogP contribution in [-0.2, 0) is 4.79 Å². The molecule has 0 fully saturated rings. The smallest absolute Gasteiger partial charge is 0.221 e. The summed E-state index contributed by atoms with van der Waals surface area (Å²) in [4.78, 5) is 13.2. The Morgan fingerprint density at radius 3 is 2.82 bits per heavy atom. The summed E-state index contributed by atoms with van der Waals surface area (Å²) in [6, 6.07) is 3.69. The maximum absolute atomic E-state index is 11.2. The molecular formula is C12H21N3O2. The molecule has 0 saturated carbocycles. The summed E-state index contributed by atoms with van der Waals surface area (Å²) >= 11 is 0. The van der Waals surface area contributed by atoms with Crippen molar-refractivity contribution >= 4 is 5.91 Å². The predicted molar refractivity (Wildman–Crippen MR) is 66.4 cm³/mol. The Hall–Kier alpha value is -1.33. The predicted octanol–water partition coefficient (Wildman–Crippen LogP) is 0.736. The molecule has 0 spiro atoms. The second kappa shape index (κ2) is 6.42. The van der Waals surface area contributed by atoms with Crippen LogP contribution in [0.15, 0.2) is 22.8 Å². The molecule has 1 amide bonds. The number of hydrogen-bond acceptors (Lipinski definition) is 4. The quantitative estimate of drug-likeness (QED) is 0.768. The number of likely N-dealkylation sites (N-methyl/N-ethyl adjacent to an activating group) is 1. The lowest BCUT2D eigenvalue weighted by atomic mass is 10.1.